The number of rotatable bonds is 1. The van der Waals surface area contributed by atoms with Gasteiger partial charge in [0.1, 0.15) is 0 Å². The maximum Gasteiger partial charge on any atom is 0.190 e. The van der Waals surface area contributed by atoms with Gasteiger partial charge in [-0.25, -0.2) is 8.78 Å². The van der Waals surface area contributed by atoms with E-state index in [1.165, 1.54) is 18.6 Å². The quantitative estimate of drug-likeness (QED) is 0.619. The standard InChI is InChI=1S/C10H6BF2O/c12-9-2-1-7(5-10(9)13)8-6-14-4-3-11-8/h1-6H. The molecule has 0 atom stereocenters. The normalized spacial score (nSPS) is 14.3. The minimum Gasteiger partial charge on any atom is -0.474 e. The fourth-order valence-corrected chi connectivity index (χ4v) is 1.18. The molecular formula is C10H6BF2O. The van der Waals surface area contributed by atoms with Crippen molar-refractivity contribution in [2.75, 3.05) is 0 Å². The zero-order valence-electron chi connectivity index (χ0n) is 7.21. The monoisotopic (exact) mass is 191 g/mol. The van der Waals surface area contributed by atoms with Gasteiger partial charge in [0.15, 0.2) is 18.9 Å². The van der Waals surface area contributed by atoms with E-state index in [2.05, 4.69) is 0 Å². The van der Waals surface area contributed by atoms with Crippen molar-refractivity contribution < 1.29 is 13.5 Å². The smallest absolute Gasteiger partial charge is 0.190 e. The molecule has 0 bridgehead atoms. The number of ether oxygens (including phenoxy) is 1. The molecule has 1 aliphatic rings. The molecule has 0 aromatic heterocycles. The van der Waals surface area contributed by atoms with Gasteiger partial charge in [-0.1, -0.05) is 12.0 Å². The van der Waals surface area contributed by atoms with Gasteiger partial charge >= 0.3 is 0 Å². The molecule has 4 heteroatoms. The molecule has 1 aromatic rings. The summed E-state index contributed by atoms with van der Waals surface area (Å²) in [7, 11) is 1.76. The van der Waals surface area contributed by atoms with Crippen LogP contribution in [0.4, 0.5) is 8.78 Å². The van der Waals surface area contributed by atoms with E-state index in [-0.39, 0.29) is 0 Å². The number of hydrogen-bond acceptors (Lipinski definition) is 1. The van der Waals surface area contributed by atoms with Crippen molar-refractivity contribution in [1.82, 2.24) is 0 Å². The van der Waals surface area contributed by atoms with Crippen molar-refractivity contribution in [2.24, 2.45) is 0 Å². The fraction of sp³-hybridized carbons (Fsp3) is 0. The summed E-state index contributed by atoms with van der Waals surface area (Å²) in [6.07, 6.45) is 2.98. The first-order valence-corrected chi connectivity index (χ1v) is 4.08. The van der Waals surface area contributed by atoms with Crippen LogP contribution >= 0.6 is 0 Å². The largest absolute Gasteiger partial charge is 0.474 e. The molecule has 0 aliphatic carbocycles. The second-order valence-electron chi connectivity index (χ2n) is 2.83. The first-order valence-electron chi connectivity index (χ1n) is 4.08. The Kier molecular flexibility index (Phi) is 2.35. The van der Waals surface area contributed by atoms with Crippen LogP contribution in [0.25, 0.3) is 5.47 Å². The SMILES string of the molecule is Fc1ccc(C2=COC=C[B]2)cc1F. The molecule has 0 saturated heterocycles. The van der Waals surface area contributed by atoms with E-state index in [0.29, 0.717) is 11.0 Å². The van der Waals surface area contributed by atoms with Gasteiger partial charge in [0.2, 0.25) is 0 Å². The van der Waals surface area contributed by atoms with Gasteiger partial charge in [0.25, 0.3) is 0 Å². The maximum absolute atomic E-state index is 12.9. The highest BCUT2D eigenvalue weighted by Gasteiger charge is 2.08. The van der Waals surface area contributed by atoms with Crippen LogP contribution in [-0.4, -0.2) is 7.28 Å². The molecule has 0 spiro atoms. The van der Waals surface area contributed by atoms with E-state index in [4.69, 9.17) is 4.74 Å². The second-order valence-corrected chi connectivity index (χ2v) is 2.83. The Morgan fingerprint density at radius 1 is 1.14 bits per heavy atom. The Hall–Kier alpha value is -1.58. The second kappa shape index (κ2) is 3.66. The van der Waals surface area contributed by atoms with Crippen LogP contribution in [0.15, 0.2) is 36.7 Å². The molecule has 0 amide bonds. The first-order chi connectivity index (χ1) is 6.77. The first kappa shape index (κ1) is 9.00. The Morgan fingerprint density at radius 3 is 2.64 bits per heavy atom. The highest BCUT2D eigenvalue weighted by molar-refractivity contribution is 6.65. The van der Waals surface area contributed by atoms with Gasteiger partial charge in [-0.05, 0) is 23.2 Å². The lowest BCUT2D eigenvalue weighted by atomic mass is 9.67. The van der Waals surface area contributed by atoms with Gasteiger partial charge in [-0.15, -0.1) is 0 Å². The lowest BCUT2D eigenvalue weighted by molar-refractivity contribution is 0.405. The summed E-state index contributed by atoms with van der Waals surface area (Å²) >= 11 is 0. The lowest BCUT2D eigenvalue weighted by Gasteiger charge is -2.08. The third-order valence-corrected chi connectivity index (χ3v) is 1.88. The van der Waals surface area contributed by atoms with E-state index in [1.54, 1.807) is 13.3 Å². The van der Waals surface area contributed by atoms with Crippen molar-refractivity contribution in [3.63, 3.8) is 0 Å². The van der Waals surface area contributed by atoms with E-state index < -0.39 is 11.6 Å². The van der Waals surface area contributed by atoms with E-state index in [1.807, 2.05) is 0 Å². The molecule has 0 fully saturated rings. The average Bonchev–Trinajstić information content (AvgIpc) is 2.23. The van der Waals surface area contributed by atoms with Crippen LogP contribution in [0.1, 0.15) is 5.56 Å². The van der Waals surface area contributed by atoms with Gasteiger partial charge in [-0.3, -0.25) is 0 Å². The predicted octanol–water partition coefficient (Wildman–Crippen LogP) is 2.47. The summed E-state index contributed by atoms with van der Waals surface area (Å²) in [4.78, 5) is 0. The fourth-order valence-electron chi connectivity index (χ4n) is 1.18. The number of hydrogen-bond donors (Lipinski definition) is 0. The maximum atomic E-state index is 12.9. The molecule has 1 aliphatic heterocycles. The number of benzene rings is 1. The molecule has 1 aromatic carbocycles. The molecule has 1 nitrogen and oxygen atoms in total. The van der Waals surface area contributed by atoms with Crippen molar-refractivity contribution in [1.29, 1.82) is 0 Å². The van der Waals surface area contributed by atoms with Crippen LogP contribution in [-0.2, 0) is 4.74 Å². The summed E-state index contributed by atoms with van der Waals surface area (Å²) in [5, 5.41) is 0. The summed E-state index contributed by atoms with van der Waals surface area (Å²) in [5.41, 5.74) is 1.31. The van der Waals surface area contributed by atoms with E-state index in [0.717, 1.165) is 12.1 Å². The van der Waals surface area contributed by atoms with Gasteiger partial charge in [0.05, 0.1) is 12.5 Å². The Morgan fingerprint density at radius 2 is 2.00 bits per heavy atom. The lowest BCUT2D eigenvalue weighted by Crippen LogP contribution is -1.99. The third kappa shape index (κ3) is 1.69. The van der Waals surface area contributed by atoms with Crippen LogP contribution in [0.2, 0.25) is 0 Å². The van der Waals surface area contributed by atoms with Crippen molar-refractivity contribution in [3.05, 3.63) is 53.9 Å². The topological polar surface area (TPSA) is 9.23 Å². The number of halogens is 2. The average molecular weight is 191 g/mol. The molecule has 1 radical (unpaired) electrons. The molecule has 0 saturated carbocycles. The Balaban J connectivity index is 2.33. The third-order valence-electron chi connectivity index (χ3n) is 1.88. The zero-order valence-corrected chi connectivity index (χ0v) is 7.21. The van der Waals surface area contributed by atoms with Gasteiger partial charge < -0.3 is 4.74 Å². The minimum absolute atomic E-state index is 0.591. The summed E-state index contributed by atoms with van der Waals surface area (Å²) in [5.74, 6) is -0.00988. The van der Waals surface area contributed by atoms with Gasteiger partial charge in [-0.2, -0.15) is 0 Å². The highest BCUT2D eigenvalue weighted by atomic mass is 19.2. The predicted molar refractivity (Wildman–Crippen MR) is 50.3 cm³/mol. The van der Waals surface area contributed by atoms with Crippen molar-refractivity contribution in [2.45, 2.75) is 0 Å². The Bertz CT molecular complexity index is 413. The Labute approximate surface area is 80.9 Å². The van der Waals surface area contributed by atoms with E-state index >= 15 is 0 Å². The molecule has 0 unspecified atom stereocenters. The molecule has 1 heterocycles. The molecule has 14 heavy (non-hydrogen) atoms. The highest BCUT2D eigenvalue weighted by Crippen LogP contribution is 2.18. The van der Waals surface area contributed by atoms with Crippen molar-refractivity contribution in [3.8, 4) is 0 Å². The van der Waals surface area contributed by atoms with Crippen LogP contribution in [0, 0.1) is 11.6 Å². The molecule has 69 valence electrons. The molecule has 0 N–H and O–H groups in total. The summed E-state index contributed by atoms with van der Waals surface area (Å²) in [6.45, 7) is 0. The van der Waals surface area contributed by atoms with Crippen LogP contribution < -0.4 is 0 Å². The summed E-state index contributed by atoms with van der Waals surface area (Å²) in [6, 6.07) is 3.74. The van der Waals surface area contributed by atoms with E-state index in [9.17, 15) is 8.78 Å². The van der Waals surface area contributed by atoms with Crippen LogP contribution in [0.3, 0.4) is 0 Å². The summed E-state index contributed by atoms with van der Waals surface area (Å²) < 4.78 is 30.4. The zero-order chi connectivity index (χ0) is 9.97. The minimum atomic E-state index is -0.855. The van der Waals surface area contributed by atoms with Gasteiger partial charge in [0, 0.05) is 0 Å². The van der Waals surface area contributed by atoms with Crippen LogP contribution in [0.5, 0.6) is 0 Å². The van der Waals surface area contributed by atoms with Crippen molar-refractivity contribution >= 4 is 12.8 Å². The molecular weight excluding hydrogens is 185 g/mol. The molecule has 2 rings (SSSR count).